The topological polar surface area (TPSA) is 76.0 Å². The second kappa shape index (κ2) is 9.45. The highest BCUT2D eigenvalue weighted by Gasteiger charge is 2.29. The molecule has 0 aliphatic heterocycles. The van der Waals surface area contributed by atoms with Crippen molar-refractivity contribution >= 4 is 29.3 Å². The van der Waals surface area contributed by atoms with E-state index in [4.69, 9.17) is 0 Å². The van der Waals surface area contributed by atoms with Crippen LogP contribution in [0.2, 0.25) is 0 Å². The molecule has 33 heavy (non-hydrogen) atoms. The van der Waals surface area contributed by atoms with Gasteiger partial charge in [-0.25, -0.2) is 0 Å². The van der Waals surface area contributed by atoms with Gasteiger partial charge in [-0.2, -0.15) is 5.10 Å². The van der Waals surface area contributed by atoms with E-state index >= 15 is 0 Å². The summed E-state index contributed by atoms with van der Waals surface area (Å²) in [6.07, 6.45) is 5.24. The molecule has 1 aromatic heterocycles. The van der Waals surface area contributed by atoms with Gasteiger partial charge in [0.1, 0.15) is 0 Å². The Morgan fingerprint density at radius 2 is 1.76 bits per heavy atom. The second-order valence-corrected chi connectivity index (χ2v) is 8.84. The average Bonchev–Trinajstić information content (AvgIpc) is 3.59. The maximum Gasteiger partial charge on any atom is 0.248 e. The first-order chi connectivity index (χ1) is 15.8. The molecule has 6 heteroatoms. The van der Waals surface area contributed by atoms with Crippen LogP contribution in [-0.2, 0) is 16.1 Å². The Balaban J connectivity index is 1.44. The summed E-state index contributed by atoms with van der Waals surface area (Å²) in [6, 6.07) is 14.0. The molecule has 4 rings (SSSR count). The number of hydrogen-bond donors (Lipinski definition) is 2. The molecule has 1 aliphatic carbocycles. The molecule has 2 aromatic carbocycles. The van der Waals surface area contributed by atoms with Gasteiger partial charge in [0, 0.05) is 34.6 Å². The highest BCUT2D eigenvalue weighted by Crippen LogP contribution is 2.31. The summed E-state index contributed by atoms with van der Waals surface area (Å²) in [5.74, 6) is -0.0517. The number of rotatable bonds is 7. The van der Waals surface area contributed by atoms with Crippen LogP contribution in [0.25, 0.3) is 6.08 Å². The van der Waals surface area contributed by atoms with E-state index in [0.717, 1.165) is 35.4 Å². The molecule has 0 radical (unpaired) electrons. The molecular weight excluding hydrogens is 412 g/mol. The number of nitrogens with zero attached hydrogens (tertiary/aromatic N) is 2. The van der Waals surface area contributed by atoms with E-state index in [1.807, 2.05) is 43.7 Å². The van der Waals surface area contributed by atoms with Crippen LogP contribution in [-0.4, -0.2) is 21.6 Å². The van der Waals surface area contributed by atoms with Crippen LogP contribution in [0.15, 0.2) is 48.5 Å². The molecule has 0 atom stereocenters. The zero-order chi connectivity index (χ0) is 23.5. The third-order valence-electron chi connectivity index (χ3n) is 6.00. The monoisotopic (exact) mass is 442 g/mol. The Bertz CT molecular complexity index is 1220. The summed E-state index contributed by atoms with van der Waals surface area (Å²) in [5, 5.41) is 10.5. The number of carbonyl (C=O) groups excluding carboxylic acids is 2. The van der Waals surface area contributed by atoms with Gasteiger partial charge in [0.2, 0.25) is 11.8 Å². The number of amides is 2. The van der Waals surface area contributed by atoms with Crippen LogP contribution in [0, 0.1) is 33.6 Å². The van der Waals surface area contributed by atoms with Crippen molar-refractivity contribution in [1.82, 2.24) is 9.78 Å². The van der Waals surface area contributed by atoms with Crippen molar-refractivity contribution in [2.75, 3.05) is 10.6 Å². The first-order valence-corrected chi connectivity index (χ1v) is 11.3. The summed E-state index contributed by atoms with van der Waals surface area (Å²) in [4.78, 5) is 24.7. The van der Waals surface area contributed by atoms with Gasteiger partial charge in [-0.15, -0.1) is 0 Å². The molecule has 0 bridgehead atoms. The predicted molar refractivity (Wildman–Crippen MR) is 132 cm³/mol. The van der Waals surface area contributed by atoms with Gasteiger partial charge in [0.15, 0.2) is 0 Å². The largest absolute Gasteiger partial charge is 0.326 e. The summed E-state index contributed by atoms with van der Waals surface area (Å²) in [7, 11) is 0. The molecule has 1 fully saturated rings. The molecule has 2 amide bonds. The Morgan fingerprint density at radius 1 is 1.03 bits per heavy atom. The molecule has 1 saturated carbocycles. The molecule has 6 nitrogen and oxygen atoms in total. The highest BCUT2D eigenvalue weighted by molar-refractivity contribution is 6.03. The molecule has 2 N–H and O–H groups in total. The Morgan fingerprint density at radius 3 is 2.45 bits per heavy atom. The van der Waals surface area contributed by atoms with E-state index in [2.05, 4.69) is 46.9 Å². The molecule has 0 unspecified atom stereocenters. The van der Waals surface area contributed by atoms with Gasteiger partial charge in [-0.3, -0.25) is 14.3 Å². The van der Waals surface area contributed by atoms with Crippen molar-refractivity contribution in [3.05, 3.63) is 82.2 Å². The van der Waals surface area contributed by atoms with Gasteiger partial charge < -0.3 is 10.6 Å². The van der Waals surface area contributed by atoms with Crippen LogP contribution in [0.1, 0.15) is 46.5 Å². The van der Waals surface area contributed by atoms with Crippen LogP contribution in [0.3, 0.4) is 0 Å². The summed E-state index contributed by atoms with van der Waals surface area (Å²) in [6.45, 7) is 8.65. The normalized spacial score (nSPS) is 13.3. The molecule has 0 spiro atoms. The first kappa shape index (κ1) is 22.5. The predicted octanol–water partition coefficient (Wildman–Crippen LogP) is 5.17. The quantitative estimate of drug-likeness (QED) is 0.496. The number of nitrogens with one attached hydrogen (secondary N) is 2. The van der Waals surface area contributed by atoms with Gasteiger partial charge in [0.25, 0.3) is 0 Å². The van der Waals surface area contributed by atoms with Crippen LogP contribution in [0.4, 0.5) is 11.4 Å². The molecule has 3 aromatic rings. The van der Waals surface area contributed by atoms with Gasteiger partial charge >= 0.3 is 0 Å². The summed E-state index contributed by atoms with van der Waals surface area (Å²) < 4.78 is 1.97. The minimum atomic E-state index is -0.228. The fourth-order valence-corrected chi connectivity index (χ4v) is 3.73. The zero-order valence-electron chi connectivity index (χ0n) is 19.6. The molecule has 170 valence electrons. The van der Waals surface area contributed by atoms with Crippen molar-refractivity contribution in [3.63, 3.8) is 0 Å². The lowest BCUT2D eigenvalue weighted by Gasteiger charge is -2.10. The molecule has 1 aliphatic rings. The smallest absolute Gasteiger partial charge is 0.248 e. The molecule has 1 heterocycles. The molecular formula is C27H30N4O2. The average molecular weight is 443 g/mol. The third-order valence-corrected chi connectivity index (χ3v) is 6.00. The van der Waals surface area contributed by atoms with Gasteiger partial charge in [-0.1, -0.05) is 35.9 Å². The van der Waals surface area contributed by atoms with E-state index < -0.39 is 0 Å². The van der Waals surface area contributed by atoms with Crippen molar-refractivity contribution in [2.24, 2.45) is 5.92 Å². The fraction of sp³-hybridized carbons (Fsp3) is 0.296. The maximum atomic E-state index is 12.6. The minimum absolute atomic E-state index is 0.0459. The highest BCUT2D eigenvalue weighted by atomic mass is 16.2. The van der Waals surface area contributed by atoms with E-state index in [0.29, 0.717) is 17.9 Å². The maximum absolute atomic E-state index is 12.6. The number of anilines is 2. The van der Waals surface area contributed by atoms with E-state index in [-0.39, 0.29) is 17.7 Å². The summed E-state index contributed by atoms with van der Waals surface area (Å²) in [5.41, 5.74) is 7.56. The Kier molecular flexibility index (Phi) is 6.45. The Hall–Kier alpha value is -3.67. The number of hydrogen-bond acceptors (Lipinski definition) is 3. The first-order valence-electron chi connectivity index (χ1n) is 11.3. The Labute approximate surface area is 194 Å². The van der Waals surface area contributed by atoms with Crippen molar-refractivity contribution in [1.29, 1.82) is 0 Å². The van der Waals surface area contributed by atoms with Crippen molar-refractivity contribution in [2.45, 2.75) is 47.1 Å². The third kappa shape index (κ3) is 5.58. The van der Waals surface area contributed by atoms with Crippen LogP contribution in [0.5, 0.6) is 0 Å². The minimum Gasteiger partial charge on any atom is -0.326 e. The SMILES string of the molecule is Cc1ccc(Cn2nc(C)c(/C=C/C(=O)Nc3cc(NC(=O)C4CC4)ccc3C)c2C)cc1. The number of carbonyl (C=O) groups is 2. The number of aromatic nitrogens is 2. The second-order valence-electron chi connectivity index (χ2n) is 8.84. The lowest BCUT2D eigenvalue weighted by molar-refractivity contribution is -0.117. The standard InChI is InChI=1S/C27H30N4O2/c1-17-5-8-21(9-6-17)16-31-20(4)24(19(3)30-31)13-14-26(32)29-25-15-23(12-7-18(25)2)28-27(33)22-10-11-22/h5-9,12-15,22H,10-11,16H2,1-4H3,(H,28,33)(H,29,32)/b14-13+. The lowest BCUT2D eigenvalue weighted by atomic mass is 10.1. The van der Waals surface area contributed by atoms with E-state index in [9.17, 15) is 9.59 Å². The van der Waals surface area contributed by atoms with Gasteiger partial charge in [0.05, 0.1) is 12.2 Å². The fourth-order valence-electron chi connectivity index (χ4n) is 3.73. The number of aryl methyl sites for hydroxylation is 3. The van der Waals surface area contributed by atoms with Crippen molar-refractivity contribution in [3.8, 4) is 0 Å². The summed E-state index contributed by atoms with van der Waals surface area (Å²) >= 11 is 0. The van der Waals surface area contributed by atoms with Gasteiger partial charge in [-0.05, 0) is 69.9 Å². The zero-order valence-corrected chi connectivity index (χ0v) is 19.6. The van der Waals surface area contributed by atoms with E-state index in [1.54, 1.807) is 6.07 Å². The van der Waals surface area contributed by atoms with Crippen LogP contribution < -0.4 is 10.6 Å². The number of benzene rings is 2. The van der Waals surface area contributed by atoms with Crippen LogP contribution >= 0.6 is 0 Å². The lowest BCUT2D eigenvalue weighted by Crippen LogP contribution is -2.14. The van der Waals surface area contributed by atoms with Crippen molar-refractivity contribution < 1.29 is 9.59 Å². The van der Waals surface area contributed by atoms with E-state index in [1.165, 1.54) is 17.2 Å². The molecule has 0 saturated heterocycles.